The van der Waals surface area contributed by atoms with Gasteiger partial charge in [-0.2, -0.15) is 0 Å². The van der Waals surface area contributed by atoms with E-state index in [1.165, 1.54) is 37.3 Å². The molecule has 0 bridgehead atoms. The molecule has 3 aromatic rings. The lowest BCUT2D eigenvalue weighted by Gasteiger charge is -2.13. The van der Waals surface area contributed by atoms with E-state index < -0.39 is 23.7 Å². The molecule has 4 nitrogen and oxygen atoms in total. The molecule has 25 heavy (non-hydrogen) atoms. The standard InChI is InChI=1S/C19H13ClFNO3/c1-11(18(23)12-6-8-13(21)9-7-12)25-19(24)15-10-17(20)22-16-5-3-2-4-14(15)16/h2-11H,1H3/t11-/m1/s1. The lowest BCUT2D eigenvalue weighted by atomic mass is 10.1. The van der Waals surface area contributed by atoms with Gasteiger partial charge >= 0.3 is 5.97 Å². The molecule has 0 aliphatic carbocycles. The molecule has 0 saturated heterocycles. The van der Waals surface area contributed by atoms with Crippen LogP contribution in [-0.2, 0) is 4.74 Å². The van der Waals surface area contributed by atoms with Gasteiger partial charge in [-0.25, -0.2) is 14.2 Å². The predicted molar refractivity (Wildman–Crippen MR) is 92.4 cm³/mol. The minimum atomic E-state index is -1.02. The first kappa shape index (κ1) is 17.0. The first-order chi connectivity index (χ1) is 12.0. The number of rotatable bonds is 4. The van der Waals surface area contributed by atoms with Crippen molar-refractivity contribution in [3.8, 4) is 0 Å². The number of halogens is 2. The van der Waals surface area contributed by atoms with Crippen LogP contribution >= 0.6 is 11.6 Å². The van der Waals surface area contributed by atoms with Gasteiger partial charge in [0.2, 0.25) is 5.78 Å². The molecular weight excluding hydrogens is 345 g/mol. The Kier molecular flexibility index (Phi) is 4.76. The number of ether oxygens (including phenoxy) is 1. The third-order valence-corrected chi connectivity index (χ3v) is 3.88. The predicted octanol–water partition coefficient (Wildman–Crippen LogP) is 4.46. The quantitative estimate of drug-likeness (QED) is 0.393. The van der Waals surface area contributed by atoms with E-state index in [4.69, 9.17) is 16.3 Å². The number of pyridine rings is 1. The summed E-state index contributed by atoms with van der Waals surface area (Å²) < 4.78 is 18.2. The molecule has 0 saturated carbocycles. The Morgan fingerprint density at radius 2 is 1.80 bits per heavy atom. The number of nitrogens with zero attached hydrogens (tertiary/aromatic N) is 1. The second-order valence-corrected chi connectivity index (χ2v) is 5.82. The van der Waals surface area contributed by atoms with E-state index in [0.717, 1.165) is 0 Å². The number of aromatic nitrogens is 1. The Labute approximate surface area is 148 Å². The number of esters is 1. The number of para-hydroxylation sites is 1. The van der Waals surface area contributed by atoms with E-state index in [2.05, 4.69) is 4.98 Å². The van der Waals surface area contributed by atoms with Crippen LogP contribution in [0.15, 0.2) is 54.6 Å². The molecule has 0 amide bonds. The van der Waals surface area contributed by atoms with Crippen LogP contribution in [0.2, 0.25) is 5.15 Å². The number of hydrogen-bond acceptors (Lipinski definition) is 4. The number of carbonyl (C=O) groups excluding carboxylic acids is 2. The summed E-state index contributed by atoms with van der Waals surface area (Å²) in [7, 11) is 0. The van der Waals surface area contributed by atoms with Crippen LogP contribution in [-0.4, -0.2) is 22.8 Å². The second-order valence-electron chi connectivity index (χ2n) is 5.43. The van der Waals surface area contributed by atoms with Crippen LogP contribution in [0.25, 0.3) is 10.9 Å². The number of fused-ring (bicyclic) bond motifs is 1. The molecule has 2 aromatic carbocycles. The van der Waals surface area contributed by atoms with Crippen LogP contribution in [0, 0.1) is 5.82 Å². The SMILES string of the molecule is C[C@@H](OC(=O)c1cc(Cl)nc2ccccc12)C(=O)c1ccc(F)cc1. The summed E-state index contributed by atoms with van der Waals surface area (Å²) in [6.07, 6.45) is -1.02. The zero-order valence-electron chi connectivity index (χ0n) is 13.2. The molecule has 0 unspecified atom stereocenters. The first-order valence-electron chi connectivity index (χ1n) is 7.52. The number of hydrogen-bond donors (Lipinski definition) is 0. The maximum absolute atomic E-state index is 13.0. The van der Waals surface area contributed by atoms with Gasteiger partial charge in [0, 0.05) is 10.9 Å². The van der Waals surface area contributed by atoms with E-state index in [9.17, 15) is 14.0 Å². The maximum Gasteiger partial charge on any atom is 0.339 e. The molecular formula is C19H13ClFNO3. The Hall–Kier alpha value is -2.79. The van der Waals surface area contributed by atoms with Gasteiger partial charge in [0.15, 0.2) is 6.10 Å². The van der Waals surface area contributed by atoms with Crippen molar-refractivity contribution in [2.75, 3.05) is 0 Å². The minimum absolute atomic E-state index is 0.156. The highest BCUT2D eigenvalue weighted by Gasteiger charge is 2.22. The normalized spacial score (nSPS) is 12.0. The number of carbonyl (C=O) groups is 2. The molecule has 1 heterocycles. The van der Waals surface area contributed by atoms with E-state index in [0.29, 0.717) is 10.9 Å². The topological polar surface area (TPSA) is 56.3 Å². The van der Waals surface area contributed by atoms with E-state index in [-0.39, 0.29) is 16.3 Å². The van der Waals surface area contributed by atoms with Crippen molar-refractivity contribution < 1.29 is 18.7 Å². The molecule has 0 fully saturated rings. The lowest BCUT2D eigenvalue weighted by molar-refractivity contribution is 0.0320. The number of benzene rings is 2. The van der Waals surface area contributed by atoms with Crippen LogP contribution in [0.3, 0.4) is 0 Å². The fourth-order valence-corrected chi connectivity index (χ4v) is 2.64. The molecule has 1 atom stereocenters. The highest BCUT2D eigenvalue weighted by Crippen LogP contribution is 2.22. The lowest BCUT2D eigenvalue weighted by Crippen LogP contribution is -2.24. The van der Waals surface area contributed by atoms with Crippen molar-refractivity contribution >= 4 is 34.3 Å². The average molecular weight is 358 g/mol. The zero-order chi connectivity index (χ0) is 18.0. The molecule has 0 aliphatic heterocycles. The van der Waals surface area contributed by atoms with Gasteiger partial charge in [0.1, 0.15) is 11.0 Å². The van der Waals surface area contributed by atoms with Gasteiger partial charge in [-0.05, 0) is 43.3 Å². The second kappa shape index (κ2) is 6.99. The first-order valence-corrected chi connectivity index (χ1v) is 7.89. The molecule has 0 spiro atoms. The van der Waals surface area contributed by atoms with Crippen molar-refractivity contribution in [1.29, 1.82) is 0 Å². The third kappa shape index (κ3) is 3.67. The van der Waals surface area contributed by atoms with Crippen molar-refractivity contribution in [3.05, 3.63) is 76.7 Å². The summed E-state index contributed by atoms with van der Waals surface area (Å²) in [5, 5.41) is 0.737. The summed E-state index contributed by atoms with van der Waals surface area (Å²) in [5.41, 5.74) is 1.05. The van der Waals surface area contributed by atoms with Gasteiger partial charge in [0.05, 0.1) is 11.1 Å². The summed E-state index contributed by atoms with van der Waals surface area (Å²) in [4.78, 5) is 28.9. The summed E-state index contributed by atoms with van der Waals surface area (Å²) in [6, 6.07) is 13.5. The van der Waals surface area contributed by atoms with E-state index in [1.807, 2.05) is 0 Å². The monoisotopic (exact) mass is 357 g/mol. The van der Waals surface area contributed by atoms with Gasteiger partial charge in [0.25, 0.3) is 0 Å². The summed E-state index contributed by atoms with van der Waals surface area (Å²) >= 11 is 5.96. The molecule has 0 aliphatic rings. The zero-order valence-corrected chi connectivity index (χ0v) is 14.0. The minimum Gasteiger partial charge on any atom is -0.451 e. The molecule has 0 N–H and O–H groups in total. The van der Waals surface area contributed by atoms with Crippen molar-refractivity contribution in [1.82, 2.24) is 4.98 Å². The van der Waals surface area contributed by atoms with E-state index >= 15 is 0 Å². The number of Topliss-reactive ketones (excluding diaryl/α,β-unsaturated/α-hetero) is 1. The Balaban J connectivity index is 1.85. The molecule has 126 valence electrons. The average Bonchev–Trinajstić information content (AvgIpc) is 2.60. The Morgan fingerprint density at radius 1 is 1.12 bits per heavy atom. The van der Waals surface area contributed by atoms with Gasteiger partial charge in [-0.3, -0.25) is 4.79 Å². The molecule has 3 rings (SSSR count). The van der Waals surface area contributed by atoms with Crippen LogP contribution in [0.5, 0.6) is 0 Å². The summed E-state index contributed by atoms with van der Waals surface area (Å²) in [6.45, 7) is 1.47. The fourth-order valence-electron chi connectivity index (χ4n) is 2.44. The van der Waals surface area contributed by atoms with E-state index in [1.54, 1.807) is 24.3 Å². The number of ketones is 1. The fraction of sp³-hybridized carbons (Fsp3) is 0.105. The Bertz CT molecular complexity index is 957. The van der Waals surface area contributed by atoms with Gasteiger partial charge in [-0.1, -0.05) is 29.8 Å². The van der Waals surface area contributed by atoms with Gasteiger partial charge in [-0.15, -0.1) is 0 Å². The largest absolute Gasteiger partial charge is 0.451 e. The van der Waals surface area contributed by atoms with Crippen molar-refractivity contribution in [2.45, 2.75) is 13.0 Å². The highest BCUT2D eigenvalue weighted by atomic mass is 35.5. The summed E-state index contributed by atoms with van der Waals surface area (Å²) in [5.74, 6) is -1.54. The smallest absolute Gasteiger partial charge is 0.339 e. The van der Waals surface area contributed by atoms with Gasteiger partial charge < -0.3 is 4.74 Å². The third-order valence-electron chi connectivity index (χ3n) is 3.69. The molecule has 0 radical (unpaired) electrons. The molecule has 6 heteroatoms. The Morgan fingerprint density at radius 3 is 2.52 bits per heavy atom. The highest BCUT2D eigenvalue weighted by molar-refractivity contribution is 6.30. The van der Waals surface area contributed by atoms with Crippen molar-refractivity contribution in [3.63, 3.8) is 0 Å². The van der Waals surface area contributed by atoms with Crippen LogP contribution < -0.4 is 0 Å². The van der Waals surface area contributed by atoms with Crippen LogP contribution in [0.4, 0.5) is 4.39 Å². The van der Waals surface area contributed by atoms with Crippen LogP contribution in [0.1, 0.15) is 27.6 Å². The van der Waals surface area contributed by atoms with Crippen molar-refractivity contribution in [2.24, 2.45) is 0 Å². The maximum atomic E-state index is 13.0. The molecule has 1 aromatic heterocycles.